The highest BCUT2D eigenvalue weighted by atomic mass is 16.1. The van der Waals surface area contributed by atoms with Gasteiger partial charge in [0, 0.05) is 18.5 Å². The van der Waals surface area contributed by atoms with Crippen LogP contribution in [0.15, 0.2) is 0 Å². The van der Waals surface area contributed by atoms with E-state index in [1.165, 1.54) is 12.8 Å². The summed E-state index contributed by atoms with van der Waals surface area (Å²) in [6.07, 6.45) is 3.04. The minimum Gasteiger partial charge on any atom is -0.354 e. The Hall–Kier alpha value is -0.570. The van der Waals surface area contributed by atoms with Crippen molar-refractivity contribution in [3.8, 4) is 0 Å². The summed E-state index contributed by atoms with van der Waals surface area (Å²) in [5.41, 5.74) is 0. The van der Waals surface area contributed by atoms with Crippen molar-refractivity contribution < 1.29 is 4.79 Å². The number of hydrogen-bond acceptors (Lipinski definition) is 2. The fourth-order valence-corrected chi connectivity index (χ4v) is 1.73. The van der Waals surface area contributed by atoms with Gasteiger partial charge in [-0.05, 0) is 39.7 Å². The number of carbonyl (C=O) groups excluding carboxylic acids is 1. The molecule has 0 heterocycles. The summed E-state index contributed by atoms with van der Waals surface area (Å²) < 4.78 is 0. The van der Waals surface area contributed by atoms with E-state index in [2.05, 4.69) is 31.4 Å². The number of amides is 1. The second kappa shape index (κ2) is 8.57. The molecule has 1 amide bonds. The first kappa shape index (κ1) is 15.4. The molecule has 0 aromatic rings. The fourth-order valence-electron chi connectivity index (χ4n) is 1.73. The minimum absolute atomic E-state index is 0.137. The molecule has 2 unspecified atom stereocenters. The van der Waals surface area contributed by atoms with E-state index >= 15 is 0 Å². The van der Waals surface area contributed by atoms with Crippen LogP contribution in [0.5, 0.6) is 0 Å². The van der Waals surface area contributed by atoms with Crippen LogP contribution >= 0.6 is 0 Å². The molecule has 0 bridgehead atoms. The lowest BCUT2D eigenvalue weighted by molar-refractivity contribution is -0.122. The highest BCUT2D eigenvalue weighted by Gasteiger charge is 2.10. The molecule has 0 saturated carbocycles. The zero-order valence-electron chi connectivity index (χ0n) is 11.5. The summed E-state index contributed by atoms with van der Waals surface area (Å²) in [6, 6.07) is 0.497. The van der Waals surface area contributed by atoms with Crippen molar-refractivity contribution in [1.82, 2.24) is 10.6 Å². The van der Waals surface area contributed by atoms with E-state index in [9.17, 15) is 4.79 Å². The molecule has 96 valence electrons. The molecule has 2 N–H and O–H groups in total. The van der Waals surface area contributed by atoms with Gasteiger partial charge in [-0.3, -0.25) is 4.79 Å². The van der Waals surface area contributed by atoms with Gasteiger partial charge in [-0.25, -0.2) is 0 Å². The van der Waals surface area contributed by atoms with Gasteiger partial charge in [0.25, 0.3) is 0 Å². The molecule has 0 aliphatic heterocycles. The fraction of sp³-hybridized carbons (Fsp3) is 0.923. The Kier molecular flexibility index (Phi) is 8.26. The lowest BCUT2D eigenvalue weighted by Crippen LogP contribution is -2.38. The van der Waals surface area contributed by atoms with Crippen molar-refractivity contribution in [2.75, 3.05) is 6.54 Å². The van der Waals surface area contributed by atoms with Crippen molar-refractivity contribution in [3.05, 3.63) is 0 Å². The Bertz CT molecular complexity index is 192. The first-order chi connectivity index (χ1) is 7.45. The van der Waals surface area contributed by atoms with Crippen LogP contribution in [0, 0.1) is 5.92 Å². The maximum Gasteiger partial charge on any atom is 0.221 e. The van der Waals surface area contributed by atoms with Crippen LogP contribution in [-0.2, 0) is 4.79 Å². The first-order valence-electron chi connectivity index (χ1n) is 6.48. The Labute approximate surface area is 100 Å². The Morgan fingerprint density at radius 1 is 1.19 bits per heavy atom. The van der Waals surface area contributed by atoms with Crippen molar-refractivity contribution >= 4 is 5.91 Å². The van der Waals surface area contributed by atoms with E-state index in [4.69, 9.17) is 0 Å². The molecule has 0 fully saturated rings. The number of carbonyl (C=O) groups is 1. The lowest BCUT2D eigenvalue weighted by Gasteiger charge is -2.17. The monoisotopic (exact) mass is 228 g/mol. The topological polar surface area (TPSA) is 41.1 Å². The molecule has 0 aromatic heterocycles. The van der Waals surface area contributed by atoms with Crippen LogP contribution in [0.1, 0.15) is 53.9 Å². The number of hydrogen-bond donors (Lipinski definition) is 2. The molecule has 16 heavy (non-hydrogen) atoms. The highest BCUT2D eigenvalue weighted by Crippen LogP contribution is 2.03. The summed E-state index contributed by atoms with van der Waals surface area (Å²) in [5.74, 6) is 0.832. The smallest absolute Gasteiger partial charge is 0.221 e. The third-order valence-corrected chi connectivity index (χ3v) is 2.54. The molecule has 0 aliphatic rings. The Balaban J connectivity index is 3.65. The molecule has 2 atom stereocenters. The van der Waals surface area contributed by atoms with Crippen LogP contribution in [0.25, 0.3) is 0 Å². The lowest BCUT2D eigenvalue weighted by atomic mass is 10.1. The molecule has 0 radical (unpaired) electrons. The van der Waals surface area contributed by atoms with Gasteiger partial charge in [-0.1, -0.05) is 20.3 Å². The summed E-state index contributed by atoms with van der Waals surface area (Å²) in [4.78, 5) is 11.5. The van der Waals surface area contributed by atoms with Crippen molar-refractivity contribution in [1.29, 1.82) is 0 Å². The van der Waals surface area contributed by atoms with Gasteiger partial charge in [0.15, 0.2) is 0 Å². The second-order valence-corrected chi connectivity index (χ2v) is 5.13. The zero-order chi connectivity index (χ0) is 12.6. The van der Waals surface area contributed by atoms with Gasteiger partial charge in [-0.2, -0.15) is 0 Å². The molecule has 0 saturated heterocycles. The average Bonchev–Trinajstić information content (AvgIpc) is 2.13. The van der Waals surface area contributed by atoms with Gasteiger partial charge in [0.2, 0.25) is 5.91 Å². The number of rotatable bonds is 8. The van der Waals surface area contributed by atoms with Gasteiger partial charge in [0.05, 0.1) is 0 Å². The summed E-state index contributed by atoms with van der Waals surface area (Å²) >= 11 is 0. The third-order valence-electron chi connectivity index (χ3n) is 2.54. The summed E-state index contributed by atoms with van der Waals surface area (Å²) in [7, 11) is 0. The molecule has 3 heteroatoms. The van der Waals surface area contributed by atoms with E-state index in [0.717, 1.165) is 6.54 Å². The molecule has 0 aromatic carbocycles. The highest BCUT2D eigenvalue weighted by molar-refractivity contribution is 5.76. The minimum atomic E-state index is 0.137. The quantitative estimate of drug-likeness (QED) is 0.669. The van der Waals surface area contributed by atoms with Gasteiger partial charge in [-0.15, -0.1) is 0 Å². The second-order valence-electron chi connectivity index (χ2n) is 5.13. The largest absolute Gasteiger partial charge is 0.354 e. The third kappa shape index (κ3) is 8.72. The standard InChI is InChI=1S/C13H28N2O/c1-6-7-11(4)9-14-12(5)8-13(16)15-10(2)3/h10-12,14H,6-9H2,1-5H3,(H,15,16). The van der Waals surface area contributed by atoms with Gasteiger partial charge in [0.1, 0.15) is 0 Å². The summed E-state index contributed by atoms with van der Waals surface area (Å²) in [6.45, 7) is 11.5. The van der Waals surface area contributed by atoms with Crippen molar-refractivity contribution in [2.45, 2.75) is 66.0 Å². The zero-order valence-corrected chi connectivity index (χ0v) is 11.5. The predicted octanol–water partition coefficient (Wildman–Crippen LogP) is 2.32. The van der Waals surface area contributed by atoms with Crippen LogP contribution in [0.2, 0.25) is 0 Å². The number of nitrogens with one attached hydrogen (secondary N) is 2. The van der Waals surface area contributed by atoms with Crippen molar-refractivity contribution in [2.24, 2.45) is 5.92 Å². The van der Waals surface area contributed by atoms with Crippen LogP contribution < -0.4 is 10.6 Å². The first-order valence-corrected chi connectivity index (χ1v) is 6.48. The normalized spacial score (nSPS) is 14.9. The summed E-state index contributed by atoms with van der Waals surface area (Å²) in [5, 5.41) is 6.32. The van der Waals surface area contributed by atoms with E-state index in [-0.39, 0.29) is 18.0 Å². The Morgan fingerprint density at radius 2 is 1.81 bits per heavy atom. The molecule has 0 spiro atoms. The molecular formula is C13H28N2O. The molecule has 0 aliphatic carbocycles. The van der Waals surface area contributed by atoms with E-state index < -0.39 is 0 Å². The van der Waals surface area contributed by atoms with Crippen molar-refractivity contribution in [3.63, 3.8) is 0 Å². The van der Waals surface area contributed by atoms with E-state index in [1.54, 1.807) is 0 Å². The van der Waals surface area contributed by atoms with Gasteiger partial charge < -0.3 is 10.6 Å². The Morgan fingerprint density at radius 3 is 2.31 bits per heavy atom. The maximum absolute atomic E-state index is 11.5. The van der Waals surface area contributed by atoms with Gasteiger partial charge >= 0.3 is 0 Å². The SMILES string of the molecule is CCCC(C)CNC(C)CC(=O)NC(C)C. The van der Waals surface area contributed by atoms with E-state index in [0.29, 0.717) is 12.3 Å². The molecule has 3 nitrogen and oxygen atoms in total. The predicted molar refractivity (Wildman–Crippen MR) is 69.4 cm³/mol. The molecular weight excluding hydrogens is 200 g/mol. The molecule has 0 rings (SSSR count). The van der Waals surface area contributed by atoms with E-state index in [1.807, 2.05) is 13.8 Å². The van der Waals surface area contributed by atoms with Crippen LogP contribution in [-0.4, -0.2) is 24.5 Å². The maximum atomic E-state index is 11.5. The van der Waals surface area contributed by atoms with Crippen LogP contribution in [0.4, 0.5) is 0 Å². The van der Waals surface area contributed by atoms with Crippen LogP contribution in [0.3, 0.4) is 0 Å². The average molecular weight is 228 g/mol.